The molecule has 0 spiro atoms. The van der Waals surface area contributed by atoms with E-state index >= 15 is 0 Å². The van der Waals surface area contributed by atoms with Crippen LogP contribution in [0.25, 0.3) is 6.08 Å². The van der Waals surface area contributed by atoms with E-state index in [1.54, 1.807) is 24.8 Å². The van der Waals surface area contributed by atoms with E-state index in [-0.39, 0.29) is 11.0 Å². The van der Waals surface area contributed by atoms with Crippen LogP contribution in [0, 0.1) is 6.92 Å². The van der Waals surface area contributed by atoms with E-state index < -0.39 is 0 Å². The van der Waals surface area contributed by atoms with Gasteiger partial charge >= 0.3 is 0 Å². The number of nitrogens with zero attached hydrogens (tertiary/aromatic N) is 3. The lowest BCUT2D eigenvalue weighted by atomic mass is 10.2. The van der Waals surface area contributed by atoms with Crippen molar-refractivity contribution in [3.8, 4) is 5.75 Å². The molecule has 0 aliphatic rings. The van der Waals surface area contributed by atoms with Gasteiger partial charge in [-0.3, -0.25) is 15.5 Å². The van der Waals surface area contributed by atoms with Crippen molar-refractivity contribution < 1.29 is 9.53 Å². The summed E-state index contributed by atoms with van der Waals surface area (Å²) < 4.78 is 6.69. The second-order valence-electron chi connectivity index (χ2n) is 4.61. The lowest BCUT2D eigenvalue weighted by molar-refractivity contribution is -0.115. The summed E-state index contributed by atoms with van der Waals surface area (Å²) in [6, 6.07) is 7.35. The van der Waals surface area contributed by atoms with Crippen LogP contribution in [0.2, 0.25) is 0 Å². The number of carbonyl (C=O) groups excluding carboxylic acids is 1. The second kappa shape index (κ2) is 8.46. The molecule has 0 unspecified atom stereocenters. The van der Waals surface area contributed by atoms with Crippen molar-refractivity contribution in [2.45, 2.75) is 12.1 Å². The first-order valence-electron chi connectivity index (χ1n) is 6.93. The average Bonchev–Trinajstić information content (AvgIpc) is 2.93. The number of carbonyl (C=O) groups is 1. The van der Waals surface area contributed by atoms with Crippen LogP contribution >= 0.6 is 24.0 Å². The third-order valence-corrected chi connectivity index (χ3v) is 3.79. The topological polar surface area (TPSA) is 81.1 Å². The normalized spacial score (nSPS) is 10.6. The van der Waals surface area contributed by atoms with Crippen LogP contribution in [0.1, 0.15) is 11.4 Å². The second-order valence-corrected chi connectivity index (χ2v) is 5.79. The van der Waals surface area contributed by atoms with Gasteiger partial charge in [-0.1, -0.05) is 23.9 Å². The highest BCUT2D eigenvalue weighted by Gasteiger charge is 2.09. The molecular formula is C15H17N5O2S2. The summed E-state index contributed by atoms with van der Waals surface area (Å²) in [4.78, 5) is 11.9. The molecule has 126 valence electrons. The highest BCUT2D eigenvalue weighted by molar-refractivity contribution is 7.98. The van der Waals surface area contributed by atoms with Gasteiger partial charge in [-0.15, -0.1) is 10.2 Å². The van der Waals surface area contributed by atoms with Crippen molar-refractivity contribution in [3.63, 3.8) is 0 Å². The monoisotopic (exact) mass is 363 g/mol. The summed E-state index contributed by atoms with van der Waals surface area (Å²) in [6.45, 7) is 1.79. The van der Waals surface area contributed by atoms with E-state index in [1.807, 2.05) is 30.5 Å². The molecule has 0 aliphatic carbocycles. The maximum atomic E-state index is 11.9. The zero-order valence-corrected chi connectivity index (χ0v) is 15.1. The number of nitrogens with one attached hydrogen (secondary N) is 2. The molecule has 2 rings (SSSR count). The maximum Gasteiger partial charge on any atom is 0.250 e. The van der Waals surface area contributed by atoms with Crippen molar-refractivity contribution in [2.24, 2.45) is 0 Å². The minimum absolute atomic E-state index is 0.164. The third-order valence-electron chi connectivity index (χ3n) is 2.97. The fourth-order valence-electron chi connectivity index (χ4n) is 1.77. The molecule has 0 fully saturated rings. The molecule has 1 aromatic carbocycles. The molecule has 2 aromatic rings. The SMILES string of the molecule is COc1ccc(/C=C/C(=O)NC(=S)Nn2c(C)nnc2SC)cc1. The van der Waals surface area contributed by atoms with E-state index in [4.69, 9.17) is 17.0 Å². The first kappa shape index (κ1) is 18.0. The molecule has 24 heavy (non-hydrogen) atoms. The molecule has 1 heterocycles. The number of amides is 1. The number of methoxy groups -OCH3 is 1. The highest BCUT2D eigenvalue weighted by atomic mass is 32.2. The molecule has 0 saturated heterocycles. The fourth-order valence-corrected chi connectivity index (χ4v) is 2.45. The van der Waals surface area contributed by atoms with Gasteiger partial charge < -0.3 is 4.74 Å². The van der Waals surface area contributed by atoms with Gasteiger partial charge in [-0.25, -0.2) is 4.68 Å². The molecule has 9 heteroatoms. The zero-order valence-electron chi connectivity index (χ0n) is 13.4. The molecule has 7 nitrogen and oxygen atoms in total. The van der Waals surface area contributed by atoms with Gasteiger partial charge in [0.15, 0.2) is 5.11 Å². The molecule has 0 bridgehead atoms. The number of rotatable bonds is 5. The summed E-state index contributed by atoms with van der Waals surface area (Å²) in [7, 11) is 1.60. The summed E-state index contributed by atoms with van der Waals surface area (Å²) >= 11 is 6.55. The standard InChI is InChI=1S/C15H17N5O2S2/c1-10-17-18-15(24-3)20(10)19-14(23)16-13(21)9-6-11-4-7-12(22-2)8-5-11/h4-9H,1-3H3,(H2,16,19,21,23)/b9-6+. The molecule has 2 N–H and O–H groups in total. The quantitative estimate of drug-likeness (QED) is 0.477. The van der Waals surface area contributed by atoms with Crippen molar-refractivity contribution >= 4 is 41.1 Å². The van der Waals surface area contributed by atoms with Gasteiger partial charge in [0.2, 0.25) is 11.1 Å². The van der Waals surface area contributed by atoms with Crippen LogP contribution in [0.3, 0.4) is 0 Å². The number of aryl methyl sites for hydroxylation is 1. The molecular weight excluding hydrogens is 346 g/mol. The Labute approximate surface area is 149 Å². The van der Waals surface area contributed by atoms with E-state index in [0.29, 0.717) is 11.0 Å². The number of hydrogen-bond acceptors (Lipinski definition) is 6. The van der Waals surface area contributed by atoms with Gasteiger partial charge in [0, 0.05) is 6.08 Å². The summed E-state index contributed by atoms with van der Waals surface area (Å²) in [5, 5.41) is 11.3. The number of hydrogen-bond donors (Lipinski definition) is 2. The zero-order chi connectivity index (χ0) is 17.5. The number of aromatic nitrogens is 3. The molecule has 0 atom stereocenters. The average molecular weight is 363 g/mol. The minimum Gasteiger partial charge on any atom is -0.497 e. The van der Waals surface area contributed by atoms with E-state index in [1.165, 1.54) is 17.8 Å². The van der Waals surface area contributed by atoms with Gasteiger partial charge in [0.25, 0.3) is 0 Å². The number of thioether (sulfide) groups is 1. The molecule has 0 saturated carbocycles. The first-order chi connectivity index (χ1) is 11.5. The predicted octanol–water partition coefficient (Wildman–Crippen LogP) is 1.98. The molecule has 1 aromatic heterocycles. The highest BCUT2D eigenvalue weighted by Crippen LogP contribution is 2.12. The predicted molar refractivity (Wildman–Crippen MR) is 98.7 cm³/mol. The lowest BCUT2D eigenvalue weighted by Crippen LogP contribution is -2.37. The van der Waals surface area contributed by atoms with Crippen molar-refractivity contribution in [2.75, 3.05) is 18.8 Å². The Kier molecular flexibility index (Phi) is 6.33. The van der Waals surface area contributed by atoms with Crippen LogP contribution in [0.15, 0.2) is 35.5 Å². The molecule has 0 aliphatic heterocycles. The Morgan fingerprint density at radius 3 is 2.67 bits per heavy atom. The van der Waals surface area contributed by atoms with E-state index in [0.717, 1.165) is 11.3 Å². The van der Waals surface area contributed by atoms with Gasteiger partial charge in [0.05, 0.1) is 7.11 Å². The molecule has 1 amide bonds. The van der Waals surface area contributed by atoms with Gasteiger partial charge in [0.1, 0.15) is 11.6 Å². The van der Waals surface area contributed by atoms with Crippen molar-refractivity contribution in [1.82, 2.24) is 20.2 Å². The van der Waals surface area contributed by atoms with Crippen molar-refractivity contribution in [1.29, 1.82) is 0 Å². The summed E-state index contributed by atoms with van der Waals surface area (Å²) in [5.41, 5.74) is 3.75. The Morgan fingerprint density at radius 2 is 2.04 bits per heavy atom. The maximum absolute atomic E-state index is 11.9. The van der Waals surface area contributed by atoms with Crippen molar-refractivity contribution in [3.05, 3.63) is 41.7 Å². The van der Waals surface area contributed by atoms with Crippen LogP contribution in [0.4, 0.5) is 0 Å². The third kappa shape index (κ3) is 4.80. The number of ether oxygens (including phenoxy) is 1. The summed E-state index contributed by atoms with van der Waals surface area (Å²) in [6.07, 6.45) is 4.97. The van der Waals surface area contributed by atoms with Crippen LogP contribution in [0.5, 0.6) is 5.75 Å². The van der Waals surface area contributed by atoms with Gasteiger partial charge in [-0.2, -0.15) is 0 Å². The smallest absolute Gasteiger partial charge is 0.250 e. The first-order valence-corrected chi connectivity index (χ1v) is 8.57. The Bertz CT molecular complexity index is 756. The largest absolute Gasteiger partial charge is 0.497 e. The minimum atomic E-state index is -0.334. The summed E-state index contributed by atoms with van der Waals surface area (Å²) in [5.74, 6) is 1.07. The van der Waals surface area contributed by atoms with E-state index in [9.17, 15) is 4.79 Å². The van der Waals surface area contributed by atoms with Crippen LogP contribution < -0.4 is 15.5 Å². The number of thiocarbonyl (C=S) groups is 1. The Balaban J connectivity index is 1.92. The lowest BCUT2D eigenvalue weighted by Gasteiger charge is -2.11. The van der Waals surface area contributed by atoms with E-state index in [2.05, 4.69) is 20.9 Å². The molecule has 0 radical (unpaired) electrons. The Hall–Kier alpha value is -2.39. The van der Waals surface area contributed by atoms with Crippen LogP contribution in [-0.2, 0) is 4.79 Å². The van der Waals surface area contributed by atoms with Gasteiger partial charge in [-0.05, 0) is 49.2 Å². The Morgan fingerprint density at radius 1 is 1.33 bits per heavy atom. The fraction of sp³-hybridized carbons (Fsp3) is 0.200. The number of benzene rings is 1. The van der Waals surface area contributed by atoms with Crippen LogP contribution in [-0.4, -0.2) is 39.3 Å².